The number of pyridine rings is 1. The molecule has 1 aliphatic carbocycles. The first kappa shape index (κ1) is 28.8. The molecule has 1 aromatic heterocycles. The van der Waals surface area contributed by atoms with E-state index in [1.807, 2.05) is 22.9 Å². The smallest absolute Gasteiger partial charge is 0.357 e. The summed E-state index contributed by atoms with van der Waals surface area (Å²) >= 11 is 0. The molecule has 2 aromatic carbocycles. The van der Waals surface area contributed by atoms with Crippen LogP contribution >= 0.6 is 0 Å². The summed E-state index contributed by atoms with van der Waals surface area (Å²) in [5.41, 5.74) is 0.844. The van der Waals surface area contributed by atoms with Crippen LogP contribution in [0.1, 0.15) is 58.5 Å². The topological polar surface area (TPSA) is 141 Å². The number of nitrogens with zero attached hydrogens (tertiary/aromatic N) is 1. The Morgan fingerprint density at radius 2 is 1.62 bits per heavy atom. The predicted molar refractivity (Wildman–Crippen MR) is 146 cm³/mol. The van der Waals surface area contributed by atoms with Gasteiger partial charge in [0, 0.05) is 12.7 Å². The Morgan fingerprint density at radius 3 is 2.30 bits per heavy atom. The second-order valence-electron chi connectivity index (χ2n) is 9.38. The number of carbonyl (C=O) groups is 3. The van der Waals surface area contributed by atoms with Gasteiger partial charge in [-0.1, -0.05) is 36.8 Å². The average Bonchev–Trinajstić information content (AvgIpc) is 2.97. The second kappa shape index (κ2) is 13.7. The third-order valence-corrected chi connectivity index (χ3v) is 7.72. The van der Waals surface area contributed by atoms with Gasteiger partial charge in [-0.05, 0) is 74.1 Å². The Kier molecular flexibility index (Phi) is 9.85. The van der Waals surface area contributed by atoms with Crippen LogP contribution in [0.2, 0.25) is 0 Å². The SMILES string of the molecule is O=C(COc1ccccc1)NCCc1ccc(S(=O)(=O)NC(=O)c2ccc(C(=O)OC3CCCCC3)nc2)cc1. The number of sulfonamides is 1. The molecular weight excluding hydrogens is 534 g/mol. The zero-order valence-electron chi connectivity index (χ0n) is 21.9. The molecule has 0 bridgehead atoms. The van der Waals surface area contributed by atoms with Crippen LogP contribution in [0.4, 0.5) is 0 Å². The molecule has 40 heavy (non-hydrogen) atoms. The number of hydrogen-bond acceptors (Lipinski definition) is 8. The summed E-state index contributed by atoms with van der Waals surface area (Å²) in [6.45, 7) is 0.237. The number of hydrogen-bond donors (Lipinski definition) is 2. The predicted octanol–water partition coefficient (Wildman–Crippen LogP) is 3.43. The van der Waals surface area contributed by atoms with Gasteiger partial charge in [0.05, 0.1) is 10.5 Å². The number of nitrogens with one attached hydrogen (secondary N) is 2. The van der Waals surface area contributed by atoms with Crippen molar-refractivity contribution in [3.8, 4) is 5.75 Å². The molecule has 0 spiro atoms. The molecule has 210 valence electrons. The van der Waals surface area contributed by atoms with Gasteiger partial charge >= 0.3 is 5.97 Å². The van der Waals surface area contributed by atoms with Crippen molar-refractivity contribution in [3.05, 3.63) is 89.7 Å². The molecule has 0 atom stereocenters. The molecule has 1 fully saturated rings. The third-order valence-electron chi connectivity index (χ3n) is 6.37. The van der Waals surface area contributed by atoms with Gasteiger partial charge in [-0.3, -0.25) is 9.59 Å². The van der Waals surface area contributed by atoms with Crippen LogP contribution in [-0.2, 0) is 26.0 Å². The first-order valence-electron chi connectivity index (χ1n) is 13.1. The Balaban J connectivity index is 1.23. The van der Waals surface area contributed by atoms with Crippen molar-refractivity contribution in [3.63, 3.8) is 0 Å². The number of esters is 1. The molecule has 2 N–H and O–H groups in total. The largest absolute Gasteiger partial charge is 0.484 e. The van der Waals surface area contributed by atoms with Crippen molar-refractivity contribution in [1.29, 1.82) is 0 Å². The molecule has 1 heterocycles. The van der Waals surface area contributed by atoms with E-state index in [0.717, 1.165) is 43.9 Å². The van der Waals surface area contributed by atoms with Crippen molar-refractivity contribution in [2.75, 3.05) is 13.2 Å². The van der Waals surface area contributed by atoms with Gasteiger partial charge in [0.25, 0.3) is 21.8 Å². The highest BCUT2D eigenvalue weighted by Crippen LogP contribution is 2.21. The number of rotatable bonds is 11. The maximum Gasteiger partial charge on any atom is 0.357 e. The fraction of sp³-hybridized carbons (Fsp3) is 0.310. The summed E-state index contributed by atoms with van der Waals surface area (Å²) in [5.74, 6) is -1.10. The summed E-state index contributed by atoms with van der Waals surface area (Å²) in [4.78, 5) is 40.7. The molecule has 10 nitrogen and oxygen atoms in total. The summed E-state index contributed by atoms with van der Waals surface area (Å²) in [7, 11) is -4.14. The molecule has 11 heteroatoms. The minimum Gasteiger partial charge on any atom is -0.484 e. The summed E-state index contributed by atoms with van der Waals surface area (Å²) in [5, 5.41) is 2.75. The number of carbonyl (C=O) groups excluding carboxylic acids is 3. The summed E-state index contributed by atoms with van der Waals surface area (Å²) < 4.78 is 38.3. The van der Waals surface area contributed by atoms with Crippen LogP contribution in [0.25, 0.3) is 0 Å². The highest BCUT2D eigenvalue weighted by atomic mass is 32.2. The van der Waals surface area contributed by atoms with E-state index in [4.69, 9.17) is 9.47 Å². The van der Waals surface area contributed by atoms with Gasteiger partial charge in [0.1, 0.15) is 17.5 Å². The lowest BCUT2D eigenvalue weighted by Gasteiger charge is -2.21. The minimum atomic E-state index is -4.14. The fourth-order valence-corrected chi connectivity index (χ4v) is 5.16. The maximum atomic E-state index is 12.7. The van der Waals surface area contributed by atoms with Crippen molar-refractivity contribution < 1.29 is 32.3 Å². The molecule has 1 saturated carbocycles. The van der Waals surface area contributed by atoms with Gasteiger partial charge in [-0.15, -0.1) is 0 Å². The number of benzene rings is 2. The monoisotopic (exact) mass is 565 g/mol. The van der Waals surface area contributed by atoms with Crippen molar-refractivity contribution in [2.24, 2.45) is 0 Å². The van der Waals surface area contributed by atoms with Gasteiger partial charge in [0.15, 0.2) is 6.61 Å². The van der Waals surface area contributed by atoms with Crippen LogP contribution in [0.15, 0.2) is 77.8 Å². The van der Waals surface area contributed by atoms with Gasteiger partial charge in [0.2, 0.25) is 0 Å². The quantitative estimate of drug-likeness (QED) is 0.337. The second-order valence-corrected chi connectivity index (χ2v) is 11.1. The van der Waals surface area contributed by atoms with E-state index < -0.39 is 21.9 Å². The average molecular weight is 566 g/mol. The molecule has 1 aliphatic rings. The lowest BCUT2D eigenvalue weighted by Crippen LogP contribution is -2.31. The summed E-state index contributed by atoms with van der Waals surface area (Å²) in [6.07, 6.45) is 6.32. The molecule has 4 rings (SSSR count). The lowest BCUT2D eigenvalue weighted by molar-refractivity contribution is -0.123. The van der Waals surface area contributed by atoms with Crippen molar-refractivity contribution in [2.45, 2.75) is 49.5 Å². The fourth-order valence-electron chi connectivity index (χ4n) is 4.18. The number of para-hydroxylation sites is 1. The Morgan fingerprint density at radius 1 is 0.900 bits per heavy atom. The first-order chi connectivity index (χ1) is 19.3. The molecule has 0 aliphatic heterocycles. The van der Waals surface area contributed by atoms with Crippen LogP contribution in [0, 0.1) is 0 Å². The van der Waals surface area contributed by atoms with E-state index in [0.29, 0.717) is 18.7 Å². The molecule has 2 amide bonds. The zero-order chi connectivity index (χ0) is 28.4. The molecule has 0 radical (unpaired) electrons. The standard InChI is InChI=1S/C29H31N3O7S/c33-27(20-38-23-7-3-1-4-8-23)30-18-17-21-11-14-25(15-12-21)40(36,37)32-28(34)22-13-16-26(31-19-22)29(35)39-24-9-5-2-6-10-24/h1,3-4,7-8,11-16,19,24H,2,5-6,9-10,17-18,20H2,(H,30,33)(H,32,34). The Bertz CT molecular complexity index is 1400. The van der Waals surface area contributed by atoms with E-state index in [-0.39, 0.29) is 34.8 Å². The number of amides is 2. The van der Waals surface area contributed by atoms with Crippen LogP contribution in [-0.4, -0.2) is 50.4 Å². The van der Waals surface area contributed by atoms with E-state index >= 15 is 0 Å². The van der Waals surface area contributed by atoms with Gasteiger partial charge in [-0.2, -0.15) is 0 Å². The van der Waals surface area contributed by atoms with Crippen molar-refractivity contribution in [1.82, 2.24) is 15.0 Å². The maximum absolute atomic E-state index is 12.7. The molecule has 0 unspecified atom stereocenters. The van der Waals surface area contributed by atoms with Crippen LogP contribution < -0.4 is 14.8 Å². The highest BCUT2D eigenvalue weighted by Gasteiger charge is 2.22. The Labute approximate surface area is 233 Å². The Hall–Kier alpha value is -4.25. The van der Waals surface area contributed by atoms with E-state index in [1.165, 1.54) is 24.3 Å². The van der Waals surface area contributed by atoms with Gasteiger partial charge < -0.3 is 14.8 Å². The third kappa shape index (κ3) is 8.37. The minimum absolute atomic E-state index is 0.0126. The first-order valence-corrected chi connectivity index (χ1v) is 14.6. The van der Waals surface area contributed by atoms with E-state index in [1.54, 1.807) is 24.3 Å². The van der Waals surface area contributed by atoms with Crippen LogP contribution in [0.5, 0.6) is 5.75 Å². The number of ether oxygens (including phenoxy) is 2. The van der Waals surface area contributed by atoms with Crippen molar-refractivity contribution >= 4 is 27.8 Å². The zero-order valence-corrected chi connectivity index (χ0v) is 22.7. The van der Waals surface area contributed by atoms with E-state index in [9.17, 15) is 22.8 Å². The number of aromatic nitrogens is 1. The molecular formula is C29H31N3O7S. The normalized spacial score (nSPS) is 13.7. The lowest BCUT2D eigenvalue weighted by atomic mass is 9.98. The van der Waals surface area contributed by atoms with E-state index in [2.05, 4.69) is 10.3 Å². The molecule has 3 aromatic rings. The molecule has 0 saturated heterocycles. The van der Waals surface area contributed by atoms with Crippen LogP contribution in [0.3, 0.4) is 0 Å². The summed E-state index contributed by atoms with van der Waals surface area (Å²) in [6, 6.07) is 17.7. The highest BCUT2D eigenvalue weighted by molar-refractivity contribution is 7.90. The van der Waals surface area contributed by atoms with Gasteiger partial charge in [-0.25, -0.2) is 22.9 Å².